The van der Waals surface area contributed by atoms with E-state index in [-0.39, 0.29) is 5.91 Å². The Balaban J connectivity index is 1.52. The molecular formula is C24H24N4O3. The highest BCUT2D eigenvalue weighted by molar-refractivity contribution is 5.94. The summed E-state index contributed by atoms with van der Waals surface area (Å²) in [7, 11) is 1.34. The van der Waals surface area contributed by atoms with Crippen LogP contribution in [0.3, 0.4) is 0 Å². The number of carbonyl (C=O) groups excluding carboxylic acids is 2. The van der Waals surface area contributed by atoms with E-state index < -0.39 is 5.97 Å². The number of esters is 1. The number of methoxy groups -OCH3 is 1. The van der Waals surface area contributed by atoms with E-state index >= 15 is 0 Å². The number of hydrogen-bond donors (Lipinski definition) is 1. The second-order valence-corrected chi connectivity index (χ2v) is 7.58. The summed E-state index contributed by atoms with van der Waals surface area (Å²) in [5.41, 5.74) is 6.59. The highest BCUT2D eigenvalue weighted by Gasteiger charge is 2.15. The quantitative estimate of drug-likeness (QED) is 0.494. The van der Waals surface area contributed by atoms with E-state index in [1.807, 2.05) is 49.6 Å². The predicted octanol–water partition coefficient (Wildman–Crippen LogP) is 4.17. The number of benzene rings is 2. The van der Waals surface area contributed by atoms with E-state index in [2.05, 4.69) is 10.4 Å². The summed E-state index contributed by atoms with van der Waals surface area (Å²) in [6.07, 6.45) is 0.871. The number of aromatic nitrogens is 3. The van der Waals surface area contributed by atoms with Gasteiger partial charge in [0.1, 0.15) is 0 Å². The van der Waals surface area contributed by atoms with Gasteiger partial charge in [-0.1, -0.05) is 12.1 Å². The molecule has 0 saturated carbocycles. The number of carbonyl (C=O) groups is 2. The van der Waals surface area contributed by atoms with E-state index in [0.717, 1.165) is 39.1 Å². The third kappa shape index (κ3) is 3.86. The van der Waals surface area contributed by atoms with Crippen LogP contribution in [0.25, 0.3) is 16.6 Å². The van der Waals surface area contributed by atoms with Crippen LogP contribution in [0.2, 0.25) is 0 Å². The summed E-state index contributed by atoms with van der Waals surface area (Å²) in [4.78, 5) is 29.0. The fraction of sp³-hybridized carbons (Fsp3) is 0.250. The van der Waals surface area contributed by atoms with Crippen molar-refractivity contribution in [2.24, 2.45) is 0 Å². The van der Waals surface area contributed by atoms with Gasteiger partial charge in [-0.2, -0.15) is 5.10 Å². The fourth-order valence-corrected chi connectivity index (χ4v) is 3.84. The van der Waals surface area contributed by atoms with E-state index in [0.29, 0.717) is 24.1 Å². The maximum atomic E-state index is 12.6. The van der Waals surface area contributed by atoms with Gasteiger partial charge in [-0.05, 0) is 68.7 Å². The van der Waals surface area contributed by atoms with Gasteiger partial charge in [-0.25, -0.2) is 14.3 Å². The van der Waals surface area contributed by atoms with Gasteiger partial charge in [-0.15, -0.1) is 0 Å². The van der Waals surface area contributed by atoms with E-state index in [9.17, 15) is 9.59 Å². The molecule has 2 aromatic heterocycles. The highest BCUT2D eigenvalue weighted by atomic mass is 16.5. The molecule has 7 heteroatoms. The molecule has 0 aliphatic rings. The minimum atomic E-state index is -0.402. The van der Waals surface area contributed by atoms with E-state index in [4.69, 9.17) is 9.72 Å². The Bertz CT molecular complexity index is 1320. The zero-order valence-corrected chi connectivity index (χ0v) is 18.0. The lowest BCUT2D eigenvalue weighted by molar-refractivity contribution is -0.116. The van der Waals surface area contributed by atoms with Crippen molar-refractivity contribution in [2.75, 3.05) is 12.4 Å². The molecule has 0 aliphatic heterocycles. The summed E-state index contributed by atoms with van der Waals surface area (Å²) in [5, 5.41) is 8.61. The lowest BCUT2D eigenvalue weighted by Gasteiger charge is -2.12. The Kier molecular flexibility index (Phi) is 5.42. The van der Waals surface area contributed by atoms with Crippen LogP contribution >= 0.6 is 0 Å². The van der Waals surface area contributed by atoms with Crippen molar-refractivity contribution < 1.29 is 14.3 Å². The monoisotopic (exact) mass is 416 g/mol. The second kappa shape index (κ2) is 8.18. The molecule has 4 rings (SSSR count). The van der Waals surface area contributed by atoms with Crippen molar-refractivity contribution in [1.82, 2.24) is 14.6 Å². The summed E-state index contributed by atoms with van der Waals surface area (Å²) in [6.45, 7) is 5.82. The molecule has 1 N–H and O–H groups in total. The average molecular weight is 416 g/mol. The third-order valence-electron chi connectivity index (χ3n) is 5.54. The molecule has 31 heavy (non-hydrogen) atoms. The van der Waals surface area contributed by atoms with Crippen LogP contribution in [0, 0.1) is 20.8 Å². The first-order valence-electron chi connectivity index (χ1n) is 10.1. The lowest BCUT2D eigenvalue weighted by atomic mass is 10.1. The third-order valence-corrected chi connectivity index (χ3v) is 5.54. The maximum absolute atomic E-state index is 12.6. The molecule has 0 bridgehead atoms. The number of aryl methyl sites for hydroxylation is 3. The van der Waals surface area contributed by atoms with Gasteiger partial charge in [-0.3, -0.25) is 4.79 Å². The molecule has 0 radical (unpaired) electrons. The summed E-state index contributed by atoms with van der Waals surface area (Å²) in [6, 6.07) is 13.0. The molecule has 2 aromatic carbocycles. The molecule has 0 atom stereocenters. The topological polar surface area (TPSA) is 85.6 Å². The molecule has 158 valence electrons. The van der Waals surface area contributed by atoms with Crippen LogP contribution in [-0.4, -0.2) is 33.6 Å². The van der Waals surface area contributed by atoms with Crippen molar-refractivity contribution >= 4 is 34.1 Å². The van der Waals surface area contributed by atoms with Gasteiger partial charge in [0.05, 0.1) is 18.2 Å². The number of anilines is 1. The normalized spacial score (nSPS) is 11.1. The molecular weight excluding hydrogens is 392 g/mol. The lowest BCUT2D eigenvalue weighted by Crippen LogP contribution is -2.15. The number of amides is 1. The minimum Gasteiger partial charge on any atom is -0.465 e. The Hall–Kier alpha value is -3.74. The van der Waals surface area contributed by atoms with Crippen LogP contribution in [0.4, 0.5) is 5.69 Å². The molecule has 7 nitrogen and oxygen atoms in total. The number of fused-ring (bicyclic) bond motifs is 3. The Morgan fingerprint density at radius 1 is 1.10 bits per heavy atom. The first kappa shape index (κ1) is 20.5. The second-order valence-electron chi connectivity index (χ2n) is 7.58. The number of nitrogens with one attached hydrogen (secondary N) is 1. The van der Waals surface area contributed by atoms with Gasteiger partial charge >= 0.3 is 5.97 Å². The largest absolute Gasteiger partial charge is 0.465 e. The van der Waals surface area contributed by atoms with E-state index in [1.54, 1.807) is 18.2 Å². The van der Waals surface area contributed by atoms with Gasteiger partial charge in [0, 0.05) is 28.9 Å². The minimum absolute atomic E-state index is 0.0987. The van der Waals surface area contributed by atoms with Crippen molar-refractivity contribution in [2.45, 2.75) is 33.6 Å². The highest BCUT2D eigenvalue weighted by Crippen LogP contribution is 2.23. The Labute approximate surface area is 180 Å². The van der Waals surface area contributed by atoms with Crippen LogP contribution in [-0.2, 0) is 16.0 Å². The zero-order valence-electron chi connectivity index (χ0n) is 18.0. The van der Waals surface area contributed by atoms with Gasteiger partial charge in [0.2, 0.25) is 5.91 Å². The molecule has 0 aliphatic carbocycles. The number of hydrogen-bond acceptors (Lipinski definition) is 5. The van der Waals surface area contributed by atoms with Gasteiger partial charge in [0.15, 0.2) is 5.65 Å². The van der Waals surface area contributed by atoms with Crippen molar-refractivity contribution in [1.29, 1.82) is 0 Å². The fourth-order valence-electron chi connectivity index (χ4n) is 3.84. The van der Waals surface area contributed by atoms with E-state index in [1.165, 1.54) is 7.11 Å². The molecule has 4 aromatic rings. The zero-order chi connectivity index (χ0) is 22.1. The predicted molar refractivity (Wildman–Crippen MR) is 119 cm³/mol. The first-order chi connectivity index (χ1) is 14.9. The SMILES string of the molecule is COC(=O)c1ccc(NC(=O)CCc2c(C)nc3c4ccccc4nn3c2C)c(C)c1. The van der Waals surface area contributed by atoms with Crippen LogP contribution in [0.15, 0.2) is 42.5 Å². The average Bonchev–Trinajstić information content (AvgIpc) is 3.13. The van der Waals surface area contributed by atoms with Crippen molar-refractivity contribution in [3.63, 3.8) is 0 Å². The van der Waals surface area contributed by atoms with Gasteiger partial charge < -0.3 is 10.1 Å². The Morgan fingerprint density at radius 2 is 1.87 bits per heavy atom. The number of nitrogens with zero attached hydrogens (tertiary/aromatic N) is 3. The summed E-state index contributed by atoms with van der Waals surface area (Å²) in [5.74, 6) is -0.500. The molecule has 0 saturated heterocycles. The number of ether oxygens (including phenoxy) is 1. The summed E-state index contributed by atoms with van der Waals surface area (Å²) >= 11 is 0. The van der Waals surface area contributed by atoms with Crippen LogP contribution in [0.5, 0.6) is 0 Å². The van der Waals surface area contributed by atoms with Crippen molar-refractivity contribution in [3.05, 3.63) is 70.5 Å². The Morgan fingerprint density at radius 3 is 2.61 bits per heavy atom. The smallest absolute Gasteiger partial charge is 0.337 e. The molecule has 0 fully saturated rings. The molecule has 0 unspecified atom stereocenters. The molecule has 2 heterocycles. The van der Waals surface area contributed by atoms with Crippen molar-refractivity contribution in [3.8, 4) is 0 Å². The maximum Gasteiger partial charge on any atom is 0.337 e. The van der Waals surface area contributed by atoms with Crippen LogP contribution < -0.4 is 5.32 Å². The van der Waals surface area contributed by atoms with Gasteiger partial charge in [0.25, 0.3) is 0 Å². The van der Waals surface area contributed by atoms with Crippen LogP contribution in [0.1, 0.15) is 39.3 Å². The first-order valence-corrected chi connectivity index (χ1v) is 10.1. The standard InChI is InChI=1S/C24H24N4O3/c1-14-13-17(24(30)31-4)9-11-20(14)26-22(29)12-10-18-15(2)25-23-19-7-5-6-8-21(19)27-28(23)16(18)3/h5-9,11,13H,10,12H2,1-4H3,(H,26,29). The molecule has 0 spiro atoms. The molecule has 1 amide bonds. The summed E-state index contributed by atoms with van der Waals surface area (Å²) < 4.78 is 6.59. The number of rotatable bonds is 5.